The number of aromatic nitrogens is 1. The molecule has 2 rings (SSSR count). The summed E-state index contributed by atoms with van der Waals surface area (Å²) in [7, 11) is 0. The van der Waals surface area contributed by atoms with E-state index in [1.807, 2.05) is 12.1 Å². The quantitative estimate of drug-likeness (QED) is 0.802. The fourth-order valence-corrected chi connectivity index (χ4v) is 1.73. The SMILES string of the molecule is N#C/C(=C\c1ccc[nH]1)c1ccc(Cl)c(Cl)c1. The Bertz CT molecular complexity index is 592. The maximum atomic E-state index is 9.13. The van der Waals surface area contributed by atoms with Crippen LogP contribution in [0, 0.1) is 11.3 Å². The van der Waals surface area contributed by atoms with Gasteiger partial charge in [-0.1, -0.05) is 29.3 Å². The van der Waals surface area contributed by atoms with Crippen LogP contribution in [0.15, 0.2) is 36.5 Å². The highest BCUT2D eigenvalue weighted by Crippen LogP contribution is 2.26. The number of nitriles is 1. The third-order valence-electron chi connectivity index (χ3n) is 2.27. The smallest absolute Gasteiger partial charge is 0.0998 e. The monoisotopic (exact) mass is 262 g/mol. The Labute approximate surface area is 109 Å². The first-order valence-electron chi connectivity index (χ1n) is 4.91. The molecule has 84 valence electrons. The van der Waals surface area contributed by atoms with E-state index in [1.54, 1.807) is 30.5 Å². The van der Waals surface area contributed by atoms with Gasteiger partial charge in [0.25, 0.3) is 0 Å². The van der Waals surface area contributed by atoms with Crippen LogP contribution < -0.4 is 0 Å². The van der Waals surface area contributed by atoms with Crippen molar-refractivity contribution in [3.05, 3.63) is 57.8 Å². The molecule has 1 aromatic carbocycles. The van der Waals surface area contributed by atoms with Crippen molar-refractivity contribution < 1.29 is 0 Å². The molecule has 0 atom stereocenters. The summed E-state index contributed by atoms with van der Waals surface area (Å²) in [4.78, 5) is 3.01. The van der Waals surface area contributed by atoms with Crippen molar-refractivity contribution in [1.82, 2.24) is 4.98 Å². The van der Waals surface area contributed by atoms with Crippen molar-refractivity contribution in [2.75, 3.05) is 0 Å². The first-order valence-corrected chi connectivity index (χ1v) is 5.67. The highest BCUT2D eigenvalue weighted by atomic mass is 35.5. The van der Waals surface area contributed by atoms with Crippen LogP contribution in [0.1, 0.15) is 11.3 Å². The third kappa shape index (κ3) is 2.71. The Balaban J connectivity index is 2.43. The minimum atomic E-state index is 0.441. The lowest BCUT2D eigenvalue weighted by Gasteiger charge is -2.01. The van der Waals surface area contributed by atoms with Crippen LogP contribution in [-0.4, -0.2) is 4.98 Å². The molecule has 0 aliphatic rings. The van der Waals surface area contributed by atoms with E-state index in [2.05, 4.69) is 11.1 Å². The zero-order chi connectivity index (χ0) is 12.3. The molecule has 0 bridgehead atoms. The van der Waals surface area contributed by atoms with E-state index in [9.17, 15) is 0 Å². The Hall–Kier alpha value is -1.69. The van der Waals surface area contributed by atoms with Gasteiger partial charge in [0.05, 0.1) is 21.7 Å². The largest absolute Gasteiger partial charge is 0.362 e. The van der Waals surface area contributed by atoms with Gasteiger partial charge in [-0.2, -0.15) is 5.26 Å². The maximum Gasteiger partial charge on any atom is 0.0998 e. The Morgan fingerprint density at radius 3 is 2.65 bits per heavy atom. The van der Waals surface area contributed by atoms with Gasteiger partial charge in [-0.15, -0.1) is 0 Å². The predicted molar refractivity (Wildman–Crippen MR) is 70.7 cm³/mol. The van der Waals surface area contributed by atoms with Gasteiger partial charge >= 0.3 is 0 Å². The van der Waals surface area contributed by atoms with Crippen LogP contribution in [-0.2, 0) is 0 Å². The van der Waals surface area contributed by atoms with Crippen LogP contribution in [0.5, 0.6) is 0 Å². The molecule has 2 aromatic rings. The van der Waals surface area contributed by atoms with E-state index in [-0.39, 0.29) is 0 Å². The van der Waals surface area contributed by atoms with Crippen molar-refractivity contribution in [3.8, 4) is 6.07 Å². The molecule has 0 aliphatic heterocycles. The lowest BCUT2D eigenvalue weighted by atomic mass is 10.1. The maximum absolute atomic E-state index is 9.13. The van der Waals surface area contributed by atoms with Gasteiger partial charge in [0.1, 0.15) is 0 Å². The van der Waals surface area contributed by atoms with Crippen molar-refractivity contribution in [2.45, 2.75) is 0 Å². The fourth-order valence-electron chi connectivity index (χ4n) is 1.43. The average Bonchev–Trinajstić information content (AvgIpc) is 2.82. The number of allylic oxidation sites excluding steroid dienone is 1. The summed E-state index contributed by atoms with van der Waals surface area (Å²) in [5.74, 6) is 0. The molecular weight excluding hydrogens is 255 g/mol. The number of hydrogen-bond acceptors (Lipinski definition) is 1. The Kier molecular flexibility index (Phi) is 3.53. The second kappa shape index (κ2) is 5.09. The minimum Gasteiger partial charge on any atom is -0.362 e. The van der Waals surface area contributed by atoms with E-state index in [0.717, 1.165) is 11.3 Å². The lowest BCUT2D eigenvalue weighted by Crippen LogP contribution is -1.83. The molecule has 0 amide bonds. The van der Waals surface area contributed by atoms with Crippen molar-refractivity contribution >= 4 is 34.9 Å². The van der Waals surface area contributed by atoms with Gasteiger partial charge in [-0.3, -0.25) is 0 Å². The summed E-state index contributed by atoms with van der Waals surface area (Å²) in [6.07, 6.45) is 3.56. The summed E-state index contributed by atoms with van der Waals surface area (Å²) >= 11 is 11.8. The molecule has 0 saturated heterocycles. The molecule has 0 unspecified atom stereocenters. The van der Waals surface area contributed by atoms with Crippen LogP contribution in [0.2, 0.25) is 10.0 Å². The van der Waals surface area contributed by atoms with Crippen molar-refractivity contribution in [2.24, 2.45) is 0 Å². The van der Waals surface area contributed by atoms with Crippen LogP contribution >= 0.6 is 23.2 Å². The van der Waals surface area contributed by atoms with E-state index < -0.39 is 0 Å². The number of H-pyrrole nitrogens is 1. The van der Waals surface area contributed by atoms with E-state index in [0.29, 0.717) is 15.6 Å². The lowest BCUT2D eigenvalue weighted by molar-refractivity contribution is 1.38. The summed E-state index contributed by atoms with van der Waals surface area (Å²) in [5.41, 5.74) is 2.15. The molecule has 1 N–H and O–H groups in total. The third-order valence-corrected chi connectivity index (χ3v) is 3.01. The molecule has 17 heavy (non-hydrogen) atoms. The second-order valence-electron chi connectivity index (χ2n) is 3.42. The first kappa shape index (κ1) is 11.8. The number of benzene rings is 1. The zero-order valence-electron chi connectivity index (χ0n) is 8.74. The standard InChI is InChI=1S/C13H8Cl2N2/c14-12-4-3-9(7-13(12)15)10(8-16)6-11-2-1-5-17-11/h1-7,17H/b10-6+. The molecule has 0 fully saturated rings. The van der Waals surface area contributed by atoms with Crippen LogP contribution in [0.3, 0.4) is 0 Å². The van der Waals surface area contributed by atoms with E-state index in [1.165, 1.54) is 0 Å². The topological polar surface area (TPSA) is 39.6 Å². The number of halogens is 2. The number of rotatable bonds is 2. The average molecular weight is 263 g/mol. The summed E-state index contributed by atoms with van der Waals surface area (Å²) < 4.78 is 0. The van der Waals surface area contributed by atoms with E-state index >= 15 is 0 Å². The van der Waals surface area contributed by atoms with Gasteiger partial charge in [0.2, 0.25) is 0 Å². The van der Waals surface area contributed by atoms with Crippen LogP contribution in [0.4, 0.5) is 0 Å². The van der Waals surface area contributed by atoms with Gasteiger partial charge in [-0.25, -0.2) is 0 Å². The summed E-state index contributed by atoms with van der Waals surface area (Å²) in [5, 5.41) is 10.1. The van der Waals surface area contributed by atoms with Gasteiger partial charge in [0.15, 0.2) is 0 Å². The Morgan fingerprint density at radius 1 is 1.24 bits per heavy atom. The molecule has 0 radical (unpaired) electrons. The van der Waals surface area contributed by atoms with E-state index in [4.69, 9.17) is 28.5 Å². The summed E-state index contributed by atoms with van der Waals surface area (Å²) in [6, 6.07) is 11.0. The van der Waals surface area contributed by atoms with Crippen LogP contribution in [0.25, 0.3) is 11.6 Å². The molecule has 1 aromatic heterocycles. The summed E-state index contributed by atoms with van der Waals surface area (Å²) in [6.45, 7) is 0. The molecule has 2 nitrogen and oxygen atoms in total. The van der Waals surface area contributed by atoms with Gasteiger partial charge in [-0.05, 0) is 35.9 Å². The van der Waals surface area contributed by atoms with Gasteiger partial charge < -0.3 is 4.98 Å². The fraction of sp³-hybridized carbons (Fsp3) is 0. The Morgan fingerprint density at radius 2 is 2.06 bits per heavy atom. The highest BCUT2D eigenvalue weighted by Gasteiger charge is 2.04. The molecule has 0 saturated carbocycles. The van der Waals surface area contributed by atoms with Gasteiger partial charge in [0, 0.05) is 11.9 Å². The second-order valence-corrected chi connectivity index (χ2v) is 4.24. The highest BCUT2D eigenvalue weighted by molar-refractivity contribution is 6.42. The normalized spacial score (nSPS) is 11.2. The number of nitrogens with one attached hydrogen (secondary N) is 1. The molecular formula is C13H8Cl2N2. The molecule has 0 spiro atoms. The first-order chi connectivity index (χ1) is 8.20. The predicted octanol–water partition coefficient (Wildman–Crippen LogP) is 4.39. The van der Waals surface area contributed by atoms with Crippen molar-refractivity contribution in [1.29, 1.82) is 5.26 Å². The minimum absolute atomic E-state index is 0.441. The van der Waals surface area contributed by atoms with Crippen molar-refractivity contribution in [3.63, 3.8) is 0 Å². The number of nitrogens with zero attached hydrogens (tertiary/aromatic N) is 1. The molecule has 0 aliphatic carbocycles. The number of aromatic amines is 1. The zero-order valence-corrected chi connectivity index (χ0v) is 10.3. The molecule has 1 heterocycles. The number of hydrogen-bond donors (Lipinski definition) is 1. The molecule has 4 heteroatoms.